The van der Waals surface area contributed by atoms with E-state index in [0.717, 1.165) is 5.56 Å². The van der Waals surface area contributed by atoms with E-state index in [4.69, 9.17) is 23.1 Å². The number of thiazole rings is 1. The third kappa shape index (κ3) is 3.49. The fourth-order valence-corrected chi connectivity index (χ4v) is 3.61. The maximum atomic E-state index is 12.1. The maximum Gasteiger partial charge on any atom is 0.323 e. The van der Waals surface area contributed by atoms with Gasteiger partial charge < -0.3 is 10.0 Å². The van der Waals surface area contributed by atoms with Gasteiger partial charge in [-0.15, -0.1) is 17.8 Å². The van der Waals surface area contributed by atoms with Crippen LogP contribution in [0.1, 0.15) is 18.2 Å². The number of amides is 2. The molecular formula is C18H18ClN3O2S. The summed E-state index contributed by atoms with van der Waals surface area (Å²) in [5.74, 6) is 2.98. The summed E-state index contributed by atoms with van der Waals surface area (Å²) in [6.45, 7) is 3.14. The molecule has 2 aromatic rings. The second-order valence-corrected chi connectivity index (χ2v) is 7.49. The molecule has 0 aliphatic carbocycles. The predicted molar refractivity (Wildman–Crippen MR) is 100 cm³/mol. The number of hydrogen-bond donors (Lipinski definition) is 2. The van der Waals surface area contributed by atoms with Crippen LogP contribution in [0.4, 0.5) is 9.93 Å². The highest BCUT2D eigenvalue weighted by atomic mass is 35.5. The molecule has 2 amide bonds. The van der Waals surface area contributed by atoms with Crippen molar-refractivity contribution in [3.63, 3.8) is 0 Å². The second-order valence-electron chi connectivity index (χ2n) is 6.20. The van der Waals surface area contributed by atoms with Gasteiger partial charge in [-0.2, -0.15) is 0 Å². The highest BCUT2D eigenvalue weighted by molar-refractivity contribution is 7.14. The summed E-state index contributed by atoms with van der Waals surface area (Å²) in [7, 11) is 0. The second kappa shape index (κ2) is 7.04. The molecule has 1 fully saturated rings. The van der Waals surface area contributed by atoms with E-state index >= 15 is 0 Å². The Bertz CT molecular complexity index is 808. The third-order valence-corrected chi connectivity index (χ3v) is 5.45. The number of urea groups is 1. The number of nitrogens with one attached hydrogen (secondary N) is 1. The van der Waals surface area contributed by atoms with Crippen molar-refractivity contribution in [3.05, 3.63) is 45.9 Å². The van der Waals surface area contributed by atoms with Gasteiger partial charge in [0.2, 0.25) is 0 Å². The molecule has 1 aromatic carbocycles. The normalized spacial score (nSPS) is 16.6. The van der Waals surface area contributed by atoms with Gasteiger partial charge in [-0.05, 0) is 24.6 Å². The van der Waals surface area contributed by atoms with E-state index in [9.17, 15) is 4.79 Å². The number of terminal acetylenes is 1. The molecule has 2 heterocycles. The molecule has 0 unspecified atom stereocenters. The Balaban J connectivity index is 1.74. The standard InChI is InChI=1S/C18H18ClN3O2S/c1-3-18(2,13-4-6-14(19)7-5-13)15-11-25-16(20-15)21-17(24)22-8-12(9-22)10-23/h1,4-7,11-12,23H,8-10H2,2H3,(H,20,21,24)/t18-/m1/s1. The first-order valence-electron chi connectivity index (χ1n) is 7.83. The van der Waals surface area contributed by atoms with Crippen molar-refractivity contribution in [2.75, 3.05) is 25.0 Å². The van der Waals surface area contributed by atoms with Crippen LogP contribution in [0.5, 0.6) is 0 Å². The summed E-state index contributed by atoms with van der Waals surface area (Å²) in [4.78, 5) is 18.3. The molecule has 130 valence electrons. The Morgan fingerprint density at radius 1 is 1.52 bits per heavy atom. The molecule has 0 saturated carbocycles. The summed E-state index contributed by atoms with van der Waals surface area (Å²) in [6, 6.07) is 7.15. The van der Waals surface area contributed by atoms with Gasteiger partial charge in [0, 0.05) is 36.0 Å². The lowest BCUT2D eigenvalue weighted by Gasteiger charge is -2.37. The van der Waals surface area contributed by atoms with Crippen LogP contribution in [0.25, 0.3) is 0 Å². The Morgan fingerprint density at radius 3 is 2.80 bits per heavy atom. The fraction of sp³-hybridized carbons (Fsp3) is 0.333. The molecule has 25 heavy (non-hydrogen) atoms. The highest BCUT2D eigenvalue weighted by Gasteiger charge is 2.32. The molecular weight excluding hydrogens is 358 g/mol. The quantitative estimate of drug-likeness (QED) is 0.806. The monoisotopic (exact) mass is 375 g/mol. The van der Waals surface area contributed by atoms with Crippen LogP contribution < -0.4 is 5.32 Å². The number of likely N-dealkylation sites (tertiary alicyclic amines) is 1. The van der Waals surface area contributed by atoms with E-state index in [-0.39, 0.29) is 18.6 Å². The summed E-state index contributed by atoms with van der Waals surface area (Å²) in [5.41, 5.74) is 0.911. The molecule has 1 atom stereocenters. The van der Waals surface area contributed by atoms with Crippen molar-refractivity contribution in [2.24, 2.45) is 5.92 Å². The molecule has 1 saturated heterocycles. The van der Waals surface area contributed by atoms with Crippen LogP contribution in [0.3, 0.4) is 0 Å². The van der Waals surface area contributed by atoms with Crippen LogP contribution in [0.15, 0.2) is 29.6 Å². The van der Waals surface area contributed by atoms with E-state index in [1.54, 1.807) is 17.0 Å². The SMILES string of the molecule is C#C[C@](C)(c1ccc(Cl)cc1)c1csc(NC(=O)N2CC(CO)C2)n1. The number of anilines is 1. The zero-order valence-electron chi connectivity index (χ0n) is 13.7. The predicted octanol–water partition coefficient (Wildman–Crippen LogP) is 3.19. The van der Waals surface area contributed by atoms with Crippen molar-refractivity contribution < 1.29 is 9.90 Å². The lowest BCUT2D eigenvalue weighted by Crippen LogP contribution is -2.52. The molecule has 7 heteroatoms. The van der Waals surface area contributed by atoms with Crippen molar-refractivity contribution in [2.45, 2.75) is 12.3 Å². The number of nitrogens with zero attached hydrogens (tertiary/aromatic N) is 2. The molecule has 0 radical (unpaired) electrons. The number of halogens is 1. The summed E-state index contributed by atoms with van der Waals surface area (Å²) in [6.07, 6.45) is 5.79. The van der Waals surface area contributed by atoms with Gasteiger partial charge >= 0.3 is 6.03 Å². The van der Waals surface area contributed by atoms with Crippen LogP contribution in [-0.2, 0) is 5.41 Å². The number of carbonyl (C=O) groups excluding carboxylic acids is 1. The molecule has 1 aliphatic heterocycles. The molecule has 1 aliphatic rings. The largest absolute Gasteiger partial charge is 0.396 e. The Morgan fingerprint density at radius 2 is 2.20 bits per heavy atom. The smallest absolute Gasteiger partial charge is 0.323 e. The van der Waals surface area contributed by atoms with Gasteiger partial charge in [-0.3, -0.25) is 5.32 Å². The number of hydrogen-bond acceptors (Lipinski definition) is 4. The first kappa shape index (κ1) is 17.7. The topological polar surface area (TPSA) is 65.5 Å². The molecule has 0 spiro atoms. The van der Waals surface area contributed by atoms with Crippen molar-refractivity contribution in [3.8, 4) is 12.3 Å². The Hall–Kier alpha value is -2.07. The minimum absolute atomic E-state index is 0.104. The number of aliphatic hydroxyl groups excluding tert-OH is 1. The van der Waals surface area contributed by atoms with Crippen molar-refractivity contribution in [1.29, 1.82) is 0 Å². The van der Waals surface area contributed by atoms with E-state index < -0.39 is 5.41 Å². The van der Waals surface area contributed by atoms with Crippen LogP contribution >= 0.6 is 22.9 Å². The zero-order chi connectivity index (χ0) is 18.0. The lowest BCUT2D eigenvalue weighted by atomic mass is 9.81. The molecule has 1 aromatic heterocycles. The molecule has 0 bridgehead atoms. The average Bonchev–Trinajstić information content (AvgIpc) is 3.03. The van der Waals surface area contributed by atoms with Crippen LogP contribution in [-0.4, -0.2) is 40.7 Å². The van der Waals surface area contributed by atoms with E-state index in [0.29, 0.717) is 28.9 Å². The number of aromatic nitrogens is 1. The minimum atomic E-state index is -0.706. The summed E-state index contributed by atoms with van der Waals surface area (Å²) in [5, 5.41) is 14.8. The van der Waals surface area contributed by atoms with E-state index in [1.165, 1.54) is 11.3 Å². The first-order valence-corrected chi connectivity index (χ1v) is 9.08. The minimum Gasteiger partial charge on any atom is -0.396 e. The van der Waals surface area contributed by atoms with Gasteiger partial charge in [0.05, 0.1) is 11.1 Å². The third-order valence-electron chi connectivity index (χ3n) is 4.44. The number of benzene rings is 1. The van der Waals surface area contributed by atoms with Crippen molar-refractivity contribution in [1.82, 2.24) is 9.88 Å². The van der Waals surface area contributed by atoms with Gasteiger partial charge in [0.25, 0.3) is 0 Å². The highest BCUT2D eigenvalue weighted by Crippen LogP contribution is 2.34. The number of carbonyl (C=O) groups is 1. The lowest BCUT2D eigenvalue weighted by molar-refractivity contribution is 0.0838. The Kier molecular flexibility index (Phi) is 5.00. The van der Waals surface area contributed by atoms with Gasteiger partial charge in [-0.25, -0.2) is 9.78 Å². The molecule has 3 rings (SSSR count). The van der Waals surface area contributed by atoms with E-state index in [2.05, 4.69) is 16.2 Å². The van der Waals surface area contributed by atoms with Gasteiger partial charge in [-0.1, -0.05) is 29.7 Å². The molecule has 2 N–H and O–H groups in total. The number of rotatable bonds is 4. The van der Waals surface area contributed by atoms with E-state index in [1.807, 2.05) is 24.4 Å². The average molecular weight is 376 g/mol. The van der Waals surface area contributed by atoms with Crippen molar-refractivity contribution >= 4 is 34.1 Å². The summed E-state index contributed by atoms with van der Waals surface area (Å²) >= 11 is 7.28. The maximum absolute atomic E-state index is 12.1. The Labute approximate surface area is 155 Å². The van der Waals surface area contributed by atoms with Gasteiger partial charge in [0.15, 0.2) is 5.13 Å². The number of aliphatic hydroxyl groups is 1. The van der Waals surface area contributed by atoms with Crippen LogP contribution in [0, 0.1) is 18.3 Å². The summed E-state index contributed by atoms with van der Waals surface area (Å²) < 4.78 is 0. The van der Waals surface area contributed by atoms with Gasteiger partial charge in [0.1, 0.15) is 0 Å². The first-order chi connectivity index (χ1) is 12.0. The molecule has 5 nitrogen and oxygen atoms in total. The fourth-order valence-electron chi connectivity index (χ4n) is 2.67. The zero-order valence-corrected chi connectivity index (χ0v) is 15.3. The van der Waals surface area contributed by atoms with Crippen LogP contribution in [0.2, 0.25) is 5.02 Å².